The summed E-state index contributed by atoms with van der Waals surface area (Å²) in [6, 6.07) is 7.70. The Balaban J connectivity index is 1.83. The van der Waals surface area contributed by atoms with Gasteiger partial charge in [0.25, 0.3) is 5.56 Å². The van der Waals surface area contributed by atoms with E-state index in [9.17, 15) is 14.7 Å². The van der Waals surface area contributed by atoms with Crippen LogP contribution in [-0.2, 0) is 20.0 Å². The minimum Gasteiger partial charge on any atom is -0.491 e. The number of aliphatic hydroxyl groups is 1. The minimum atomic E-state index is -0.894. The number of imidazole rings is 1. The van der Waals surface area contributed by atoms with Gasteiger partial charge in [0.1, 0.15) is 18.5 Å². The van der Waals surface area contributed by atoms with E-state index in [1.807, 2.05) is 43.3 Å². The number of nitrogens with one attached hydrogen (secondary N) is 2. The molecule has 168 valence electrons. The number of aromatic amines is 1. The fraction of sp³-hybridized carbons (Fsp3) is 0.476. The number of aryl methyl sites for hydroxylation is 2. The van der Waals surface area contributed by atoms with Gasteiger partial charge in [0.2, 0.25) is 5.95 Å². The summed E-state index contributed by atoms with van der Waals surface area (Å²) < 4.78 is 8.58. The van der Waals surface area contributed by atoms with Gasteiger partial charge in [-0.2, -0.15) is 4.98 Å². The highest BCUT2D eigenvalue weighted by Crippen LogP contribution is 2.17. The van der Waals surface area contributed by atoms with Gasteiger partial charge >= 0.3 is 5.69 Å². The van der Waals surface area contributed by atoms with Crippen molar-refractivity contribution in [3.8, 4) is 5.75 Å². The van der Waals surface area contributed by atoms with E-state index in [2.05, 4.69) is 22.2 Å². The van der Waals surface area contributed by atoms with Gasteiger partial charge in [-0.1, -0.05) is 19.1 Å². The number of fused-ring (bicyclic) bond motifs is 1. The standard InChI is InChI=1S/C21H30N6O4/c1-5-14-6-8-16(9-7-14)31-13-15(28)12-27-17-18(26(4)21(30)24-19(17)29)23-20(27)22-10-11-25(2)3/h6-9,15,28H,5,10-13H2,1-4H3,(H,22,23)(H,24,29,30). The molecule has 0 saturated heterocycles. The van der Waals surface area contributed by atoms with Crippen molar-refractivity contribution in [3.63, 3.8) is 0 Å². The van der Waals surface area contributed by atoms with Crippen LogP contribution in [0.4, 0.5) is 5.95 Å². The number of H-pyrrole nitrogens is 1. The maximum Gasteiger partial charge on any atom is 0.329 e. The van der Waals surface area contributed by atoms with Crippen molar-refractivity contribution in [1.29, 1.82) is 0 Å². The van der Waals surface area contributed by atoms with Crippen molar-refractivity contribution in [2.45, 2.75) is 26.0 Å². The largest absolute Gasteiger partial charge is 0.491 e. The Labute approximate surface area is 180 Å². The van der Waals surface area contributed by atoms with Gasteiger partial charge in [-0.05, 0) is 38.2 Å². The van der Waals surface area contributed by atoms with Gasteiger partial charge in [-0.25, -0.2) is 4.79 Å². The van der Waals surface area contributed by atoms with Crippen molar-refractivity contribution in [1.82, 2.24) is 24.0 Å². The number of likely N-dealkylation sites (N-methyl/N-ethyl adjacent to an activating group) is 1. The summed E-state index contributed by atoms with van der Waals surface area (Å²) in [7, 11) is 5.45. The number of ether oxygens (including phenoxy) is 1. The van der Waals surface area contributed by atoms with Crippen molar-refractivity contribution >= 4 is 17.1 Å². The van der Waals surface area contributed by atoms with Crippen LogP contribution in [0.2, 0.25) is 0 Å². The number of nitrogens with zero attached hydrogens (tertiary/aromatic N) is 4. The average Bonchev–Trinajstić information content (AvgIpc) is 3.09. The molecule has 0 aliphatic rings. The summed E-state index contributed by atoms with van der Waals surface area (Å²) >= 11 is 0. The fourth-order valence-corrected chi connectivity index (χ4v) is 3.22. The van der Waals surface area contributed by atoms with E-state index in [1.54, 1.807) is 11.6 Å². The van der Waals surface area contributed by atoms with Crippen molar-refractivity contribution < 1.29 is 9.84 Å². The highest BCUT2D eigenvalue weighted by atomic mass is 16.5. The lowest BCUT2D eigenvalue weighted by molar-refractivity contribution is 0.0938. The molecular weight excluding hydrogens is 400 g/mol. The number of anilines is 1. The number of aliphatic hydroxyl groups excluding tert-OH is 1. The summed E-state index contributed by atoms with van der Waals surface area (Å²) in [6.45, 7) is 3.54. The van der Waals surface area contributed by atoms with Crippen molar-refractivity contribution in [2.75, 3.05) is 39.1 Å². The first-order chi connectivity index (χ1) is 14.8. The van der Waals surface area contributed by atoms with Crippen LogP contribution in [0.25, 0.3) is 11.2 Å². The molecule has 10 nitrogen and oxygen atoms in total. The van der Waals surface area contributed by atoms with E-state index >= 15 is 0 Å². The van der Waals surface area contributed by atoms with Crippen LogP contribution >= 0.6 is 0 Å². The summed E-state index contributed by atoms with van der Waals surface area (Å²) in [5, 5.41) is 13.8. The van der Waals surface area contributed by atoms with Crippen molar-refractivity contribution in [3.05, 3.63) is 50.7 Å². The van der Waals surface area contributed by atoms with Gasteiger partial charge in [-0.3, -0.25) is 14.3 Å². The third kappa shape index (κ3) is 5.33. The third-order valence-electron chi connectivity index (χ3n) is 5.02. The van der Waals surface area contributed by atoms with Crippen LogP contribution in [0.1, 0.15) is 12.5 Å². The predicted molar refractivity (Wildman–Crippen MR) is 120 cm³/mol. The molecule has 0 saturated carbocycles. The maximum absolute atomic E-state index is 12.5. The molecule has 0 bridgehead atoms. The molecule has 0 spiro atoms. The van der Waals surface area contributed by atoms with Gasteiger partial charge in [0.15, 0.2) is 11.2 Å². The molecule has 10 heteroatoms. The zero-order chi connectivity index (χ0) is 22.5. The number of hydrogen-bond donors (Lipinski definition) is 3. The third-order valence-corrected chi connectivity index (χ3v) is 5.02. The molecule has 1 atom stereocenters. The molecule has 0 amide bonds. The highest BCUT2D eigenvalue weighted by molar-refractivity contribution is 5.74. The van der Waals surface area contributed by atoms with Gasteiger partial charge < -0.3 is 24.6 Å². The highest BCUT2D eigenvalue weighted by Gasteiger charge is 2.20. The lowest BCUT2D eigenvalue weighted by Gasteiger charge is -2.16. The smallest absolute Gasteiger partial charge is 0.329 e. The zero-order valence-electron chi connectivity index (χ0n) is 18.4. The molecule has 3 N–H and O–H groups in total. The molecule has 0 radical (unpaired) electrons. The zero-order valence-corrected chi connectivity index (χ0v) is 18.4. The van der Waals surface area contributed by atoms with Crippen molar-refractivity contribution in [2.24, 2.45) is 7.05 Å². The van der Waals surface area contributed by atoms with E-state index in [4.69, 9.17) is 4.74 Å². The molecule has 2 aromatic heterocycles. The molecule has 1 aromatic carbocycles. The number of rotatable bonds is 10. The molecule has 3 aromatic rings. The van der Waals surface area contributed by atoms with Crippen LogP contribution in [0.15, 0.2) is 33.9 Å². The lowest BCUT2D eigenvalue weighted by Crippen LogP contribution is -2.31. The first-order valence-corrected chi connectivity index (χ1v) is 10.3. The second-order valence-corrected chi connectivity index (χ2v) is 7.73. The maximum atomic E-state index is 12.5. The second kappa shape index (κ2) is 9.80. The fourth-order valence-electron chi connectivity index (χ4n) is 3.22. The van der Waals surface area contributed by atoms with Gasteiger partial charge in [-0.15, -0.1) is 0 Å². The first-order valence-electron chi connectivity index (χ1n) is 10.3. The van der Waals surface area contributed by atoms with Crippen LogP contribution in [0, 0.1) is 0 Å². The average molecular weight is 431 g/mol. The van der Waals surface area contributed by atoms with Gasteiger partial charge in [0.05, 0.1) is 6.54 Å². The molecule has 0 aliphatic carbocycles. The molecule has 1 unspecified atom stereocenters. The van der Waals surface area contributed by atoms with E-state index in [0.29, 0.717) is 18.2 Å². The van der Waals surface area contributed by atoms with E-state index in [-0.39, 0.29) is 24.3 Å². The Morgan fingerprint density at radius 1 is 1.26 bits per heavy atom. The van der Waals surface area contributed by atoms with Gasteiger partial charge in [0, 0.05) is 20.1 Å². The Hall–Kier alpha value is -3.11. The van der Waals surface area contributed by atoms with Crippen LogP contribution in [0.5, 0.6) is 5.75 Å². The number of benzene rings is 1. The Kier molecular flexibility index (Phi) is 7.13. The lowest BCUT2D eigenvalue weighted by atomic mass is 10.2. The molecule has 0 fully saturated rings. The molecular formula is C21H30N6O4. The molecule has 31 heavy (non-hydrogen) atoms. The van der Waals surface area contributed by atoms with Crippen LogP contribution in [-0.4, -0.2) is 69.0 Å². The topological polar surface area (TPSA) is 117 Å². The number of hydrogen-bond acceptors (Lipinski definition) is 7. The predicted octanol–water partition coefficient (Wildman–Crippen LogP) is 0.399. The molecule has 3 rings (SSSR count). The SMILES string of the molecule is CCc1ccc(OCC(O)Cn2c(NCCN(C)C)nc3c2c(=O)[nH]c(=O)n3C)cc1. The van der Waals surface area contributed by atoms with Crippen LogP contribution in [0.3, 0.4) is 0 Å². The summed E-state index contributed by atoms with van der Waals surface area (Å²) in [5.74, 6) is 1.08. The normalized spacial score (nSPS) is 12.5. The quantitative estimate of drug-likeness (QED) is 0.426. The summed E-state index contributed by atoms with van der Waals surface area (Å²) in [6.07, 6.45) is 0.0475. The summed E-state index contributed by atoms with van der Waals surface area (Å²) in [5.41, 5.74) is 0.595. The number of aromatic nitrogens is 4. The Morgan fingerprint density at radius 3 is 2.61 bits per heavy atom. The Morgan fingerprint density at radius 2 is 1.97 bits per heavy atom. The monoisotopic (exact) mass is 430 g/mol. The molecule has 2 heterocycles. The van der Waals surface area contributed by atoms with E-state index < -0.39 is 17.4 Å². The summed E-state index contributed by atoms with van der Waals surface area (Å²) in [4.78, 5) is 33.2. The first kappa shape index (κ1) is 22.6. The second-order valence-electron chi connectivity index (χ2n) is 7.73. The Bertz CT molecular complexity index is 1130. The van der Waals surface area contributed by atoms with Crippen LogP contribution < -0.4 is 21.3 Å². The van der Waals surface area contributed by atoms with E-state index in [0.717, 1.165) is 13.0 Å². The van der Waals surface area contributed by atoms with E-state index in [1.165, 1.54) is 10.1 Å². The minimum absolute atomic E-state index is 0.0476. The molecule has 0 aliphatic heterocycles.